The molecule has 0 fully saturated rings. The van der Waals surface area contributed by atoms with Crippen LogP contribution in [-0.2, 0) is 4.79 Å². The maximum Gasteiger partial charge on any atom is 0.313 e. The molecule has 13 heavy (non-hydrogen) atoms. The minimum absolute atomic E-state index is 0.0185. The maximum absolute atomic E-state index is 10.3. The van der Waals surface area contributed by atoms with Gasteiger partial charge in [-0.2, -0.15) is 5.10 Å². The third-order valence-corrected chi connectivity index (χ3v) is 2.29. The first-order valence-electron chi connectivity index (χ1n) is 3.54. The van der Waals surface area contributed by atoms with Gasteiger partial charge in [-0.05, 0) is 13.0 Å². The summed E-state index contributed by atoms with van der Waals surface area (Å²) in [7, 11) is 0. The van der Waals surface area contributed by atoms with Gasteiger partial charge in [-0.1, -0.05) is 0 Å². The third-order valence-electron chi connectivity index (χ3n) is 1.26. The van der Waals surface area contributed by atoms with Crippen molar-refractivity contribution in [2.45, 2.75) is 11.8 Å². The lowest BCUT2D eigenvalue weighted by atomic mass is 10.4. The smallest absolute Gasteiger partial charge is 0.313 e. The molecule has 0 atom stereocenters. The molecule has 5 nitrogen and oxygen atoms in total. The van der Waals surface area contributed by atoms with E-state index in [0.717, 1.165) is 17.5 Å². The summed E-state index contributed by atoms with van der Waals surface area (Å²) in [5.74, 6) is -0.620. The van der Waals surface area contributed by atoms with Gasteiger partial charge in [-0.3, -0.25) is 4.79 Å². The highest BCUT2D eigenvalue weighted by Gasteiger charge is 2.05. The lowest BCUT2D eigenvalue weighted by Crippen LogP contribution is -2.01. The Morgan fingerprint density at radius 3 is 3.00 bits per heavy atom. The number of aryl methyl sites for hydroxylation is 1. The van der Waals surface area contributed by atoms with E-state index in [1.807, 2.05) is 0 Å². The van der Waals surface area contributed by atoms with Gasteiger partial charge in [0.2, 0.25) is 0 Å². The molecule has 0 aliphatic rings. The minimum atomic E-state index is -0.876. The van der Waals surface area contributed by atoms with Gasteiger partial charge in [-0.15, -0.1) is 16.9 Å². The predicted octanol–water partition coefficient (Wildman–Crippen LogP) is 0.544. The fraction of sp³-hybridized carbons (Fsp3) is 0.286. The Bertz CT molecular complexity index is 330. The zero-order valence-corrected chi connectivity index (χ0v) is 7.84. The fourth-order valence-electron chi connectivity index (χ4n) is 0.730. The van der Waals surface area contributed by atoms with Crippen molar-refractivity contribution in [2.24, 2.45) is 0 Å². The highest BCUT2D eigenvalue weighted by atomic mass is 32.2. The Hall–Kier alpha value is -1.30. The number of nitrogens with two attached hydrogens (primary N) is 1. The van der Waals surface area contributed by atoms with E-state index in [0.29, 0.717) is 4.90 Å². The summed E-state index contributed by atoms with van der Waals surface area (Å²) in [6.07, 6.45) is 0. The number of anilines is 1. The second-order valence-electron chi connectivity index (χ2n) is 2.42. The first-order chi connectivity index (χ1) is 6.09. The number of hydrogen-bond acceptors (Lipinski definition) is 5. The molecule has 70 valence electrons. The average molecular weight is 199 g/mol. The van der Waals surface area contributed by atoms with Gasteiger partial charge in [0.05, 0.1) is 16.3 Å². The predicted molar refractivity (Wildman–Crippen MR) is 49.5 cm³/mol. The van der Waals surface area contributed by atoms with E-state index in [4.69, 9.17) is 10.8 Å². The molecule has 3 N–H and O–H groups in total. The number of aliphatic carboxylic acids is 1. The van der Waals surface area contributed by atoms with Crippen LogP contribution >= 0.6 is 11.8 Å². The van der Waals surface area contributed by atoms with Crippen molar-refractivity contribution >= 4 is 23.5 Å². The summed E-state index contributed by atoms with van der Waals surface area (Å²) < 4.78 is 0. The summed E-state index contributed by atoms with van der Waals surface area (Å²) in [5, 5.41) is 15.8. The second kappa shape index (κ2) is 4.08. The monoisotopic (exact) mass is 199 g/mol. The van der Waals surface area contributed by atoms with Gasteiger partial charge in [0, 0.05) is 0 Å². The summed E-state index contributed by atoms with van der Waals surface area (Å²) in [4.78, 5) is 10.9. The Morgan fingerprint density at radius 2 is 2.38 bits per heavy atom. The first kappa shape index (κ1) is 9.79. The van der Waals surface area contributed by atoms with Crippen LogP contribution < -0.4 is 5.73 Å². The molecule has 1 aromatic heterocycles. The number of carboxylic acid groups (broad SMARTS) is 1. The van der Waals surface area contributed by atoms with Gasteiger partial charge < -0.3 is 10.8 Å². The lowest BCUT2D eigenvalue weighted by molar-refractivity contribution is -0.133. The van der Waals surface area contributed by atoms with Crippen molar-refractivity contribution < 1.29 is 9.90 Å². The minimum Gasteiger partial charge on any atom is -0.481 e. The summed E-state index contributed by atoms with van der Waals surface area (Å²) >= 11 is 1.14. The molecule has 1 rings (SSSR count). The molecular weight excluding hydrogens is 190 g/mol. The zero-order chi connectivity index (χ0) is 9.84. The number of rotatable bonds is 3. The highest BCUT2D eigenvalue weighted by Crippen LogP contribution is 2.22. The number of carbonyl (C=O) groups is 1. The SMILES string of the molecule is Cc1cc(SCC(=O)O)c(N)nn1. The molecule has 0 spiro atoms. The highest BCUT2D eigenvalue weighted by molar-refractivity contribution is 8.00. The first-order valence-corrected chi connectivity index (χ1v) is 4.52. The van der Waals surface area contributed by atoms with Crippen molar-refractivity contribution in [3.05, 3.63) is 11.8 Å². The molecule has 1 heterocycles. The molecule has 0 amide bonds. The van der Waals surface area contributed by atoms with Crippen molar-refractivity contribution in [1.29, 1.82) is 0 Å². The van der Waals surface area contributed by atoms with E-state index in [-0.39, 0.29) is 11.6 Å². The number of nitrogens with zero attached hydrogens (tertiary/aromatic N) is 2. The molecule has 0 aromatic carbocycles. The van der Waals surface area contributed by atoms with Gasteiger partial charge in [0.25, 0.3) is 0 Å². The molecule has 0 unspecified atom stereocenters. The molecule has 0 saturated carbocycles. The second-order valence-corrected chi connectivity index (χ2v) is 3.43. The van der Waals surface area contributed by atoms with Crippen LogP contribution in [0.5, 0.6) is 0 Å². The number of carboxylic acids is 1. The summed E-state index contributed by atoms with van der Waals surface area (Å²) in [5.41, 5.74) is 6.21. The molecule has 6 heteroatoms. The van der Waals surface area contributed by atoms with E-state index >= 15 is 0 Å². The molecule has 0 aliphatic heterocycles. The molecule has 0 bridgehead atoms. The van der Waals surface area contributed by atoms with Crippen molar-refractivity contribution in [1.82, 2.24) is 10.2 Å². The lowest BCUT2D eigenvalue weighted by Gasteiger charge is -2.01. The summed E-state index contributed by atoms with van der Waals surface area (Å²) in [6.45, 7) is 1.78. The third kappa shape index (κ3) is 2.90. The van der Waals surface area contributed by atoms with E-state index in [1.165, 1.54) is 0 Å². The quantitative estimate of drug-likeness (QED) is 0.691. The van der Waals surface area contributed by atoms with Crippen LogP contribution in [0.1, 0.15) is 5.69 Å². The van der Waals surface area contributed by atoms with Crippen LogP contribution in [-0.4, -0.2) is 27.0 Å². The van der Waals surface area contributed by atoms with Crippen molar-refractivity contribution in [3.63, 3.8) is 0 Å². The molecular formula is C7H9N3O2S. The van der Waals surface area contributed by atoms with E-state index in [9.17, 15) is 4.79 Å². The van der Waals surface area contributed by atoms with Crippen LogP contribution in [0.15, 0.2) is 11.0 Å². The Labute approximate surface area is 79.4 Å². The number of hydrogen-bond donors (Lipinski definition) is 2. The van der Waals surface area contributed by atoms with Crippen LogP contribution in [0, 0.1) is 6.92 Å². The van der Waals surface area contributed by atoms with Crippen molar-refractivity contribution in [2.75, 3.05) is 11.5 Å². The number of thioether (sulfide) groups is 1. The topological polar surface area (TPSA) is 89.1 Å². The molecule has 1 aromatic rings. The molecule has 0 aliphatic carbocycles. The molecule has 0 radical (unpaired) electrons. The van der Waals surface area contributed by atoms with Gasteiger partial charge in [0.15, 0.2) is 5.82 Å². The number of nitrogen functional groups attached to an aromatic ring is 1. The number of aromatic nitrogens is 2. The zero-order valence-electron chi connectivity index (χ0n) is 7.02. The van der Waals surface area contributed by atoms with Crippen molar-refractivity contribution in [3.8, 4) is 0 Å². The van der Waals surface area contributed by atoms with Crippen LogP contribution in [0.2, 0.25) is 0 Å². The Balaban J connectivity index is 2.75. The van der Waals surface area contributed by atoms with E-state index in [2.05, 4.69) is 10.2 Å². The normalized spacial score (nSPS) is 9.92. The fourth-order valence-corrected chi connectivity index (χ4v) is 1.45. The van der Waals surface area contributed by atoms with Gasteiger partial charge in [-0.25, -0.2) is 0 Å². The maximum atomic E-state index is 10.3. The Morgan fingerprint density at radius 1 is 1.69 bits per heavy atom. The summed E-state index contributed by atoms with van der Waals surface area (Å²) in [6, 6.07) is 1.72. The van der Waals surface area contributed by atoms with E-state index < -0.39 is 5.97 Å². The Kier molecular flexibility index (Phi) is 3.07. The van der Waals surface area contributed by atoms with Crippen LogP contribution in [0.25, 0.3) is 0 Å². The van der Waals surface area contributed by atoms with Crippen LogP contribution in [0.4, 0.5) is 5.82 Å². The standard InChI is InChI=1S/C7H9N3O2S/c1-4-2-5(7(8)10-9-4)13-3-6(11)12/h2H,3H2,1H3,(H2,8,10)(H,11,12). The average Bonchev–Trinajstić information content (AvgIpc) is 2.06. The van der Waals surface area contributed by atoms with Gasteiger partial charge >= 0.3 is 5.97 Å². The van der Waals surface area contributed by atoms with E-state index in [1.54, 1.807) is 13.0 Å². The molecule has 0 saturated heterocycles. The van der Waals surface area contributed by atoms with Crippen LogP contribution in [0.3, 0.4) is 0 Å². The van der Waals surface area contributed by atoms with Gasteiger partial charge in [0.1, 0.15) is 0 Å². The largest absolute Gasteiger partial charge is 0.481 e.